The molecule has 0 radical (unpaired) electrons. The van der Waals surface area contributed by atoms with Crippen LogP contribution >= 0.6 is 0 Å². The molecule has 1 heterocycles. The molecule has 0 saturated heterocycles. The highest BCUT2D eigenvalue weighted by atomic mass is 16.3. The summed E-state index contributed by atoms with van der Waals surface area (Å²) in [5.41, 5.74) is 1.87. The molecule has 1 fully saturated rings. The number of nitrogens with zero attached hydrogens (tertiary/aromatic N) is 2. The predicted octanol–water partition coefficient (Wildman–Crippen LogP) is 1.18. The van der Waals surface area contributed by atoms with Gasteiger partial charge in [0, 0.05) is 25.0 Å². The standard InChI is InChI=1S/C12H19N3O/c1-9-6-14-10(7-13-9)8-15-11-4-2-3-5-12(11)16/h6-7,11-12,15-16H,2-5,8H2,1H3/t11-,12-/m0/s1. The molecule has 4 nitrogen and oxygen atoms in total. The normalized spacial score (nSPS) is 25.6. The van der Waals surface area contributed by atoms with Crippen molar-refractivity contribution >= 4 is 0 Å². The van der Waals surface area contributed by atoms with E-state index in [4.69, 9.17) is 0 Å². The molecule has 4 heteroatoms. The zero-order valence-corrected chi connectivity index (χ0v) is 9.69. The summed E-state index contributed by atoms with van der Waals surface area (Å²) >= 11 is 0. The summed E-state index contributed by atoms with van der Waals surface area (Å²) < 4.78 is 0. The quantitative estimate of drug-likeness (QED) is 0.804. The van der Waals surface area contributed by atoms with Crippen LogP contribution in [0.25, 0.3) is 0 Å². The molecule has 16 heavy (non-hydrogen) atoms. The maximum atomic E-state index is 9.79. The molecule has 0 bridgehead atoms. The molecule has 0 amide bonds. The summed E-state index contributed by atoms with van der Waals surface area (Å²) in [5.74, 6) is 0. The van der Waals surface area contributed by atoms with Crippen molar-refractivity contribution < 1.29 is 5.11 Å². The number of hydrogen-bond acceptors (Lipinski definition) is 4. The first kappa shape index (κ1) is 11.5. The number of nitrogens with one attached hydrogen (secondary N) is 1. The minimum Gasteiger partial charge on any atom is -0.392 e. The summed E-state index contributed by atoms with van der Waals surface area (Å²) in [6.07, 6.45) is 7.67. The van der Waals surface area contributed by atoms with Crippen molar-refractivity contribution in [1.29, 1.82) is 0 Å². The van der Waals surface area contributed by atoms with Gasteiger partial charge in [0.25, 0.3) is 0 Å². The second kappa shape index (κ2) is 5.37. The van der Waals surface area contributed by atoms with E-state index in [2.05, 4.69) is 15.3 Å². The van der Waals surface area contributed by atoms with E-state index in [-0.39, 0.29) is 12.1 Å². The molecule has 2 N–H and O–H groups in total. The van der Waals surface area contributed by atoms with Gasteiger partial charge in [-0.25, -0.2) is 0 Å². The van der Waals surface area contributed by atoms with Crippen molar-refractivity contribution in [2.24, 2.45) is 0 Å². The summed E-state index contributed by atoms with van der Waals surface area (Å²) in [5, 5.41) is 13.1. The van der Waals surface area contributed by atoms with Gasteiger partial charge in [-0.2, -0.15) is 0 Å². The molecule has 2 atom stereocenters. The molecule has 1 aromatic rings. The number of rotatable bonds is 3. The van der Waals surface area contributed by atoms with E-state index >= 15 is 0 Å². The highest BCUT2D eigenvalue weighted by molar-refractivity contribution is 5.00. The van der Waals surface area contributed by atoms with Crippen LogP contribution < -0.4 is 5.32 Å². The molecule has 1 aliphatic carbocycles. The van der Waals surface area contributed by atoms with Gasteiger partial charge in [0.05, 0.1) is 17.5 Å². The van der Waals surface area contributed by atoms with E-state index in [0.29, 0.717) is 6.54 Å². The number of aliphatic hydroxyl groups excluding tert-OH is 1. The van der Waals surface area contributed by atoms with Gasteiger partial charge in [-0.3, -0.25) is 9.97 Å². The van der Waals surface area contributed by atoms with Crippen molar-refractivity contribution in [1.82, 2.24) is 15.3 Å². The Morgan fingerprint density at radius 3 is 2.81 bits per heavy atom. The third-order valence-corrected chi connectivity index (χ3v) is 3.11. The Bertz CT molecular complexity index is 326. The maximum Gasteiger partial charge on any atom is 0.0724 e. The van der Waals surface area contributed by atoms with Crippen molar-refractivity contribution in [3.8, 4) is 0 Å². The molecule has 0 aliphatic heterocycles. The van der Waals surface area contributed by atoms with Gasteiger partial charge in [-0.1, -0.05) is 12.8 Å². The fourth-order valence-electron chi connectivity index (χ4n) is 2.10. The van der Waals surface area contributed by atoms with Crippen LogP contribution in [0.2, 0.25) is 0 Å². The van der Waals surface area contributed by atoms with Crippen LogP contribution in [-0.2, 0) is 6.54 Å². The van der Waals surface area contributed by atoms with Crippen LogP contribution in [0.5, 0.6) is 0 Å². The highest BCUT2D eigenvalue weighted by Crippen LogP contribution is 2.18. The molecule has 0 spiro atoms. The van der Waals surface area contributed by atoms with Crippen LogP contribution in [0.3, 0.4) is 0 Å². The lowest BCUT2D eigenvalue weighted by Gasteiger charge is -2.28. The Labute approximate surface area is 96.1 Å². The number of hydrogen-bond donors (Lipinski definition) is 2. The van der Waals surface area contributed by atoms with Crippen LogP contribution in [0.15, 0.2) is 12.4 Å². The molecule has 0 unspecified atom stereocenters. The fourth-order valence-corrected chi connectivity index (χ4v) is 2.10. The molecule has 0 aromatic carbocycles. The van der Waals surface area contributed by atoms with E-state index in [1.54, 1.807) is 12.4 Å². The molecule has 1 saturated carbocycles. The topological polar surface area (TPSA) is 58.0 Å². The average molecular weight is 221 g/mol. The van der Waals surface area contributed by atoms with E-state index < -0.39 is 0 Å². The van der Waals surface area contributed by atoms with Gasteiger partial charge < -0.3 is 10.4 Å². The SMILES string of the molecule is Cc1cnc(CN[C@H]2CCCC[C@@H]2O)cn1. The Morgan fingerprint density at radius 2 is 2.12 bits per heavy atom. The number of aryl methyl sites for hydroxylation is 1. The maximum absolute atomic E-state index is 9.79. The van der Waals surface area contributed by atoms with Gasteiger partial charge >= 0.3 is 0 Å². The first-order valence-corrected chi connectivity index (χ1v) is 5.94. The largest absolute Gasteiger partial charge is 0.392 e. The molecule has 88 valence electrons. The van der Waals surface area contributed by atoms with Crippen LogP contribution in [0.1, 0.15) is 37.1 Å². The predicted molar refractivity (Wildman–Crippen MR) is 61.9 cm³/mol. The number of aromatic nitrogens is 2. The van der Waals surface area contributed by atoms with Crippen LogP contribution in [0, 0.1) is 6.92 Å². The second-order valence-electron chi connectivity index (χ2n) is 4.49. The monoisotopic (exact) mass is 221 g/mol. The molecular weight excluding hydrogens is 202 g/mol. The summed E-state index contributed by atoms with van der Waals surface area (Å²) in [6.45, 7) is 2.62. The lowest BCUT2D eigenvalue weighted by molar-refractivity contribution is 0.0901. The summed E-state index contributed by atoms with van der Waals surface area (Å²) in [7, 11) is 0. The average Bonchev–Trinajstić information content (AvgIpc) is 2.30. The van der Waals surface area contributed by atoms with Crippen molar-refractivity contribution in [2.45, 2.75) is 51.3 Å². The zero-order chi connectivity index (χ0) is 11.4. The van der Waals surface area contributed by atoms with Crippen molar-refractivity contribution in [3.05, 3.63) is 23.8 Å². The van der Waals surface area contributed by atoms with Crippen molar-refractivity contribution in [2.75, 3.05) is 0 Å². The van der Waals surface area contributed by atoms with E-state index in [1.165, 1.54) is 6.42 Å². The van der Waals surface area contributed by atoms with E-state index in [9.17, 15) is 5.11 Å². The van der Waals surface area contributed by atoms with Crippen LogP contribution in [0.4, 0.5) is 0 Å². The van der Waals surface area contributed by atoms with Gasteiger partial charge in [-0.15, -0.1) is 0 Å². The lowest BCUT2D eigenvalue weighted by Crippen LogP contribution is -2.41. The molecule has 1 aromatic heterocycles. The summed E-state index contributed by atoms with van der Waals surface area (Å²) in [4.78, 5) is 8.48. The Morgan fingerprint density at radius 1 is 1.31 bits per heavy atom. The Kier molecular flexibility index (Phi) is 3.85. The van der Waals surface area contributed by atoms with E-state index in [1.807, 2.05) is 6.92 Å². The second-order valence-corrected chi connectivity index (χ2v) is 4.49. The smallest absolute Gasteiger partial charge is 0.0724 e. The fraction of sp³-hybridized carbons (Fsp3) is 0.667. The molecule has 2 rings (SSSR count). The van der Waals surface area contributed by atoms with Gasteiger partial charge in [0.15, 0.2) is 0 Å². The Hall–Kier alpha value is -1.00. The minimum absolute atomic E-state index is 0.202. The lowest BCUT2D eigenvalue weighted by atomic mass is 9.92. The molecule has 1 aliphatic rings. The minimum atomic E-state index is -0.202. The summed E-state index contributed by atoms with van der Waals surface area (Å²) in [6, 6.07) is 0.219. The van der Waals surface area contributed by atoms with Gasteiger partial charge in [0.1, 0.15) is 0 Å². The first-order valence-electron chi connectivity index (χ1n) is 5.94. The third kappa shape index (κ3) is 3.00. The highest BCUT2D eigenvalue weighted by Gasteiger charge is 2.22. The number of aliphatic hydroxyl groups is 1. The van der Waals surface area contributed by atoms with E-state index in [0.717, 1.165) is 30.7 Å². The zero-order valence-electron chi connectivity index (χ0n) is 9.69. The Balaban J connectivity index is 1.84. The third-order valence-electron chi connectivity index (χ3n) is 3.11. The molecular formula is C12H19N3O. The van der Waals surface area contributed by atoms with Crippen molar-refractivity contribution in [3.63, 3.8) is 0 Å². The first-order chi connectivity index (χ1) is 7.75. The van der Waals surface area contributed by atoms with Gasteiger partial charge in [-0.05, 0) is 19.8 Å². The van der Waals surface area contributed by atoms with Gasteiger partial charge in [0.2, 0.25) is 0 Å². The van der Waals surface area contributed by atoms with Crippen LogP contribution in [-0.4, -0.2) is 27.2 Å².